The van der Waals surface area contributed by atoms with Crippen molar-refractivity contribution in [3.63, 3.8) is 0 Å². The fraction of sp³-hybridized carbons (Fsp3) is 0.238. The average Bonchev–Trinajstić information content (AvgIpc) is 3.73. The molecule has 0 aliphatic carbocycles. The molecule has 4 nitrogen and oxygen atoms in total. The molecule has 0 bridgehead atoms. The maximum atomic E-state index is 12.8. The number of imidazole rings is 1. The van der Waals surface area contributed by atoms with Gasteiger partial charge in [0, 0.05) is 29.8 Å². The van der Waals surface area contributed by atoms with Crippen LogP contribution in [0.2, 0.25) is 0 Å². The van der Waals surface area contributed by atoms with Crippen LogP contribution in [0.1, 0.15) is 113 Å². The first-order chi connectivity index (χ1) is 34.2. The van der Waals surface area contributed by atoms with Gasteiger partial charge in [-0.1, -0.05) is 191 Å². The number of pyridine rings is 1. The molecule has 0 saturated heterocycles. The summed E-state index contributed by atoms with van der Waals surface area (Å²) < 4.78 is 54.2. The van der Waals surface area contributed by atoms with E-state index in [1.165, 1.54) is 0 Å². The number of nitrogens with zero attached hydrogens (tertiary/aromatic N) is 3. The van der Waals surface area contributed by atoms with Crippen LogP contribution < -0.4 is 0 Å². The van der Waals surface area contributed by atoms with Gasteiger partial charge in [0.2, 0.25) is 0 Å². The van der Waals surface area contributed by atoms with Crippen LogP contribution in [-0.2, 0) is 16.2 Å². The van der Waals surface area contributed by atoms with Gasteiger partial charge in [-0.2, -0.15) is 0 Å². The molecule has 9 rings (SSSR count). The maximum Gasteiger partial charge on any atom is 0.149 e. The Bertz CT molecular complexity index is 3580. The van der Waals surface area contributed by atoms with Crippen LogP contribution in [0.25, 0.3) is 83.9 Å². The molecule has 0 amide bonds. The Balaban J connectivity index is 1.40. The third-order valence-electron chi connectivity index (χ3n) is 12.7. The van der Waals surface area contributed by atoms with Crippen molar-refractivity contribution in [1.29, 1.82) is 0 Å². The van der Waals surface area contributed by atoms with Crippen LogP contribution in [0.15, 0.2) is 170 Å². The van der Waals surface area contributed by atoms with Gasteiger partial charge in [-0.15, -0.1) is 0 Å². The van der Waals surface area contributed by atoms with Crippen molar-refractivity contribution in [3.8, 4) is 78.6 Å². The minimum atomic E-state index is -0.972. The molecule has 0 unspecified atom stereocenters. The van der Waals surface area contributed by atoms with Crippen LogP contribution in [0.3, 0.4) is 0 Å². The molecule has 2 heterocycles. The number of phenols is 1. The summed E-state index contributed by atoms with van der Waals surface area (Å²) in [5.41, 5.74) is 13.2. The summed E-state index contributed by atoms with van der Waals surface area (Å²) in [6.45, 7) is 23.3. The average molecular weight is 884 g/mol. The Morgan fingerprint density at radius 1 is 0.537 bits per heavy atom. The summed E-state index contributed by atoms with van der Waals surface area (Å²) in [4.78, 5) is 10.5. The highest BCUT2D eigenvalue weighted by molar-refractivity contribution is 5.98. The van der Waals surface area contributed by atoms with E-state index in [-0.39, 0.29) is 34.2 Å². The molecule has 0 radical (unpaired) electrons. The Hall–Kier alpha value is -7.04. The molecule has 0 aliphatic heterocycles. The number of hydrogen-bond acceptors (Lipinski definition) is 3. The molecule has 0 saturated carbocycles. The van der Waals surface area contributed by atoms with Crippen LogP contribution in [0.5, 0.6) is 5.75 Å². The van der Waals surface area contributed by atoms with Crippen molar-refractivity contribution in [3.05, 3.63) is 192 Å². The van der Waals surface area contributed by atoms with E-state index in [9.17, 15) is 6.48 Å². The van der Waals surface area contributed by atoms with E-state index in [0.29, 0.717) is 28.2 Å². The molecule has 2 aromatic heterocycles. The standard InChI is InChI=1S/C63H63N3O/c1-40(2)50-38-52(43-26-19-14-20-27-43)57(39-51(50)42-24-17-13-18-25-42)66-56-29-21-28-49(58(56)65-60(66)53-36-48(62(6,7)8)37-54(59(53)67)63(9,10)11)45-32-46(34-47(33-45)61(3,4)5)55-35-44(30-31-64-55)41-22-15-12-16-23-41/h12-40,67H,1-11H3/i12D,15D,16D,22D,23D,40D. The molecule has 4 heteroatoms. The van der Waals surface area contributed by atoms with E-state index in [1.54, 1.807) is 18.3 Å². The number of para-hydroxylation sites is 1. The summed E-state index contributed by atoms with van der Waals surface area (Å²) in [6, 6.07) is 43.4. The third-order valence-corrected chi connectivity index (χ3v) is 12.7. The van der Waals surface area contributed by atoms with Crippen molar-refractivity contribution >= 4 is 11.0 Å². The summed E-state index contributed by atoms with van der Waals surface area (Å²) in [5, 5.41) is 12.8. The van der Waals surface area contributed by atoms with Gasteiger partial charge in [0.15, 0.2) is 0 Å². The summed E-state index contributed by atoms with van der Waals surface area (Å²) >= 11 is 0. The van der Waals surface area contributed by atoms with Crippen LogP contribution in [0, 0.1) is 0 Å². The van der Waals surface area contributed by atoms with Crippen molar-refractivity contribution < 1.29 is 13.3 Å². The van der Waals surface area contributed by atoms with Crippen LogP contribution >= 0.6 is 0 Å². The Morgan fingerprint density at radius 3 is 1.79 bits per heavy atom. The zero-order chi connectivity index (χ0) is 52.7. The monoisotopic (exact) mass is 884 g/mol. The zero-order valence-electron chi connectivity index (χ0n) is 46.6. The molecule has 0 atom stereocenters. The number of aromatic nitrogens is 3. The molecule has 336 valence electrons. The number of phenolic OH excluding ortho intramolecular Hbond substituents is 1. The molecule has 1 N–H and O–H groups in total. The van der Waals surface area contributed by atoms with E-state index < -0.39 is 29.4 Å². The van der Waals surface area contributed by atoms with Gasteiger partial charge in [0.1, 0.15) is 11.6 Å². The molecule has 9 aromatic rings. The highest BCUT2D eigenvalue weighted by Crippen LogP contribution is 2.47. The lowest BCUT2D eigenvalue weighted by Gasteiger charge is -2.28. The van der Waals surface area contributed by atoms with Crippen LogP contribution in [0.4, 0.5) is 0 Å². The number of aromatic hydroxyl groups is 1. The second-order valence-corrected chi connectivity index (χ2v) is 21.0. The fourth-order valence-corrected chi connectivity index (χ4v) is 8.96. The van der Waals surface area contributed by atoms with Gasteiger partial charge in [-0.3, -0.25) is 9.55 Å². The number of hydrogen-bond donors (Lipinski definition) is 1. The first-order valence-corrected chi connectivity index (χ1v) is 23.1. The quantitative estimate of drug-likeness (QED) is 0.165. The van der Waals surface area contributed by atoms with E-state index in [2.05, 4.69) is 146 Å². The third kappa shape index (κ3) is 8.86. The second kappa shape index (κ2) is 17.3. The highest BCUT2D eigenvalue weighted by atomic mass is 16.3. The molecule has 0 spiro atoms. The minimum absolute atomic E-state index is 0.114. The Labute approximate surface area is 406 Å². The van der Waals surface area contributed by atoms with Gasteiger partial charge in [-0.25, -0.2) is 4.98 Å². The highest BCUT2D eigenvalue weighted by Gasteiger charge is 2.30. The lowest BCUT2D eigenvalue weighted by Crippen LogP contribution is -2.17. The van der Waals surface area contributed by atoms with Crippen molar-refractivity contribution in [2.24, 2.45) is 0 Å². The van der Waals surface area contributed by atoms with Crippen LogP contribution in [-0.4, -0.2) is 19.6 Å². The van der Waals surface area contributed by atoms with Gasteiger partial charge in [0.05, 0.1) is 34.8 Å². The van der Waals surface area contributed by atoms with E-state index in [4.69, 9.17) is 16.8 Å². The Morgan fingerprint density at radius 2 is 1.16 bits per heavy atom. The lowest BCUT2D eigenvalue weighted by molar-refractivity contribution is 0.446. The maximum absolute atomic E-state index is 12.8. The number of rotatable bonds is 8. The van der Waals surface area contributed by atoms with E-state index in [1.807, 2.05) is 56.3 Å². The van der Waals surface area contributed by atoms with Gasteiger partial charge in [0.25, 0.3) is 0 Å². The van der Waals surface area contributed by atoms with Gasteiger partial charge in [-0.05, 0) is 121 Å². The normalized spacial score (nSPS) is 13.7. The molecular weight excluding hydrogens is 815 g/mol. The summed E-state index contributed by atoms with van der Waals surface area (Å²) in [5.74, 6) is -0.250. The Kier molecular flexibility index (Phi) is 9.85. The van der Waals surface area contributed by atoms with E-state index >= 15 is 0 Å². The topological polar surface area (TPSA) is 50.9 Å². The number of fused-ring (bicyclic) bond motifs is 1. The summed E-state index contributed by atoms with van der Waals surface area (Å²) in [7, 11) is 0. The predicted molar refractivity (Wildman–Crippen MR) is 283 cm³/mol. The molecule has 7 aromatic carbocycles. The van der Waals surface area contributed by atoms with Gasteiger partial charge < -0.3 is 5.11 Å². The van der Waals surface area contributed by atoms with Crippen molar-refractivity contribution in [2.75, 3.05) is 0 Å². The molecule has 0 aliphatic rings. The smallest absolute Gasteiger partial charge is 0.149 e. The minimum Gasteiger partial charge on any atom is -0.507 e. The predicted octanol–water partition coefficient (Wildman–Crippen LogP) is 17.1. The largest absolute Gasteiger partial charge is 0.507 e. The zero-order valence-corrected chi connectivity index (χ0v) is 40.6. The molecular formula is C63H63N3O. The first kappa shape index (κ1) is 38.1. The molecule has 0 fully saturated rings. The first-order valence-electron chi connectivity index (χ1n) is 26.1. The van der Waals surface area contributed by atoms with Crippen molar-refractivity contribution in [1.82, 2.24) is 14.5 Å². The summed E-state index contributed by atoms with van der Waals surface area (Å²) in [6.07, 6.45) is 1.62. The van der Waals surface area contributed by atoms with Crippen molar-refractivity contribution in [2.45, 2.75) is 98.3 Å². The molecule has 67 heavy (non-hydrogen) atoms. The second-order valence-electron chi connectivity index (χ2n) is 21.0. The fourth-order valence-electron chi connectivity index (χ4n) is 8.96. The number of benzene rings is 7. The van der Waals surface area contributed by atoms with Gasteiger partial charge >= 0.3 is 0 Å². The lowest BCUT2D eigenvalue weighted by atomic mass is 9.79. The SMILES string of the molecule is [2H]c1c([2H])c([2H])c(-c2ccnc(-c3cc(-c4cccc5c4nc(-c4cc(C(C)(C)C)cc(C(C)(C)C)c4O)n5-c4cc(-c5ccccc5)c(C([2H])(C)C)cc4-c4ccccc4)cc(C(C)(C)C)c3)c2)c([2H])c1[2H]. The van der Waals surface area contributed by atoms with E-state index in [0.717, 1.165) is 72.4 Å².